The minimum absolute atomic E-state index is 0.0848. The van der Waals surface area contributed by atoms with E-state index >= 15 is 0 Å². The third-order valence-electron chi connectivity index (χ3n) is 1.88. The number of rotatable bonds is 2. The van der Waals surface area contributed by atoms with E-state index in [0.717, 1.165) is 19.2 Å². The van der Waals surface area contributed by atoms with Crippen LogP contribution in [-0.2, 0) is 4.74 Å². The van der Waals surface area contributed by atoms with Crippen LogP contribution in [0.5, 0.6) is 0 Å². The van der Waals surface area contributed by atoms with E-state index in [4.69, 9.17) is 5.26 Å². The number of thiol groups is 1. The molecule has 96 valence electrons. The van der Waals surface area contributed by atoms with Gasteiger partial charge in [-0.2, -0.15) is 18.4 Å². The van der Waals surface area contributed by atoms with Crippen LogP contribution in [0.15, 0.2) is 21.9 Å². The maximum absolute atomic E-state index is 12.3. The zero-order valence-corrected chi connectivity index (χ0v) is 10.6. The first kappa shape index (κ1) is 14.7. The van der Waals surface area contributed by atoms with Crippen LogP contribution in [0.25, 0.3) is 0 Å². The quantitative estimate of drug-likeness (QED) is 0.516. The van der Waals surface area contributed by atoms with Crippen LogP contribution >= 0.6 is 24.4 Å². The second-order valence-corrected chi connectivity index (χ2v) is 4.54. The van der Waals surface area contributed by atoms with Gasteiger partial charge in [0.2, 0.25) is 0 Å². The summed E-state index contributed by atoms with van der Waals surface area (Å²) in [6, 6.07) is 3.92. The largest absolute Gasteiger partial charge is 0.465 e. The lowest BCUT2D eigenvalue weighted by atomic mass is 10.1. The van der Waals surface area contributed by atoms with E-state index < -0.39 is 23.2 Å². The van der Waals surface area contributed by atoms with Crippen molar-refractivity contribution in [1.29, 1.82) is 5.26 Å². The fourth-order valence-corrected chi connectivity index (χ4v) is 2.19. The summed E-state index contributed by atoms with van der Waals surface area (Å²) < 4.78 is 41.2. The number of carbonyl (C=O) groups excluding carboxylic acids is 1. The molecule has 0 heterocycles. The smallest absolute Gasteiger partial charge is 0.446 e. The first-order valence-corrected chi connectivity index (χ1v) is 5.66. The third kappa shape index (κ3) is 3.34. The van der Waals surface area contributed by atoms with Crippen LogP contribution in [0.4, 0.5) is 13.2 Å². The van der Waals surface area contributed by atoms with Gasteiger partial charge in [0.05, 0.1) is 18.2 Å². The van der Waals surface area contributed by atoms with Crippen LogP contribution in [0.2, 0.25) is 0 Å². The molecule has 0 unspecified atom stereocenters. The minimum atomic E-state index is -4.50. The zero-order valence-electron chi connectivity index (χ0n) is 8.91. The molecule has 0 amide bonds. The highest BCUT2D eigenvalue weighted by Gasteiger charge is 2.31. The number of methoxy groups -OCH3 is 1. The number of carbonyl (C=O) groups is 1. The number of benzene rings is 1. The predicted octanol–water partition coefficient (Wildman–Crippen LogP) is 3.25. The highest BCUT2D eigenvalue weighted by molar-refractivity contribution is 8.00. The lowest BCUT2D eigenvalue weighted by Crippen LogP contribution is -2.08. The van der Waals surface area contributed by atoms with Gasteiger partial charge in [-0.25, -0.2) is 4.79 Å². The van der Waals surface area contributed by atoms with Crippen molar-refractivity contribution in [2.75, 3.05) is 7.11 Å². The van der Waals surface area contributed by atoms with Crippen LogP contribution in [0.3, 0.4) is 0 Å². The Hall–Kier alpha value is -1.33. The van der Waals surface area contributed by atoms with Crippen molar-refractivity contribution in [3.8, 4) is 6.07 Å². The van der Waals surface area contributed by atoms with Crippen molar-refractivity contribution in [1.82, 2.24) is 0 Å². The number of alkyl halides is 3. The molecule has 1 aromatic rings. The molecule has 0 bridgehead atoms. The molecule has 8 heteroatoms. The Balaban J connectivity index is 3.35. The molecule has 0 saturated heterocycles. The fourth-order valence-electron chi connectivity index (χ4n) is 1.18. The lowest BCUT2D eigenvalue weighted by molar-refractivity contribution is -0.0329. The SMILES string of the molecule is COC(=O)c1c(C#N)ccc(SC(F)(F)F)c1S. The molecule has 1 aromatic carbocycles. The molecule has 0 aromatic heterocycles. The van der Waals surface area contributed by atoms with Crippen LogP contribution < -0.4 is 0 Å². The molecule has 0 aliphatic rings. The van der Waals surface area contributed by atoms with Crippen molar-refractivity contribution >= 4 is 30.4 Å². The molecule has 1 rings (SSSR count). The Kier molecular flexibility index (Phi) is 4.53. The van der Waals surface area contributed by atoms with Gasteiger partial charge in [-0.1, -0.05) is 0 Å². The molecular weight excluding hydrogens is 287 g/mol. The molecule has 0 radical (unpaired) electrons. The Morgan fingerprint density at radius 2 is 2.11 bits per heavy atom. The van der Waals surface area contributed by atoms with Gasteiger partial charge in [0.1, 0.15) is 6.07 Å². The number of esters is 1. The van der Waals surface area contributed by atoms with E-state index in [1.807, 2.05) is 0 Å². The van der Waals surface area contributed by atoms with Gasteiger partial charge in [-0.05, 0) is 23.9 Å². The van der Waals surface area contributed by atoms with Crippen LogP contribution in [0.1, 0.15) is 15.9 Å². The minimum Gasteiger partial charge on any atom is -0.465 e. The van der Waals surface area contributed by atoms with E-state index in [0.29, 0.717) is 0 Å². The van der Waals surface area contributed by atoms with E-state index in [1.54, 1.807) is 6.07 Å². The molecule has 0 spiro atoms. The Labute approximate surface area is 110 Å². The fraction of sp³-hybridized carbons (Fsp3) is 0.200. The van der Waals surface area contributed by atoms with Gasteiger partial charge >= 0.3 is 11.5 Å². The summed E-state index contributed by atoms with van der Waals surface area (Å²) in [4.78, 5) is 10.9. The van der Waals surface area contributed by atoms with Gasteiger partial charge in [0.25, 0.3) is 0 Å². The number of halogens is 3. The van der Waals surface area contributed by atoms with E-state index in [1.165, 1.54) is 0 Å². The van der Waals surface area contributed by atoms with Crippen molar-refractivity contribution in [3.05, 3.63) is 23.3 Å². The highest BCUT2D eigenvalue weighted by Crippen LogP contribution is 2.41. The average molecular weight is 293 g/mol. The molecule has 0 saturated carbocycles. The molecule has 18 heavy (non-hydrogen) atoms. The molecule has 3 nitrogen and oxygen atoms in total. The van der Waals surface area contributed by atoms with Crippen molar-refractivity contribution in [2.45, 2.75) is 15.3 Å². The Bertz CT molecular complexity index is 523. The monoisotopic (exact) mass is 293 g/mol. The summed E-state index contributed by atoms with van der Waals surface area (Å²) in [7, 11) is 1.07. The van der Waals surface area contributed by atoms with Crippen LogP contribution in [-0.4, -0.2) is 18.6 Å². The first-order valence-electron chi connectivity index (χ1n) is 4.40. The highest BCUT2D eigenvalue weighted by atomic mass is 32.2. The summed E-state index contributed by atoms with van der Waals surface area (Å²) in [5, 5.41) is 8.79. The van der Waals surface area contributed by atoms with Crippen molar-refractivity contribution in [3.63, 3.8) is 0 Å². The second-order valence-electron chi connectivity index (χ2n) is 2.99. The molecule has 0 aliphatic carbocycles. The van der Waals surface area contributed by atoms with Crippen molar-refractivity contribution < 1.29 is 22.7 Å². The summed E-state index contributed by atoms with van der Waals surface area (Å²) in [6.45, 7) is 0. The predicted molar refractivity (Wildman–Crippen MR) is 61.7 cm³/mol. The molecule has 0 N–H and O–H groups in total. The average Bonchev–Trinajstić information content (AvgIpc) is 2.29. The summed E-state index contributed by atoms with van der Waals surface area (Å²) in [6.07, 6.45) is 0. The van der Waals surface area contributed by atoms with E-state index in [9.17, 15) is 18.0 Å². The number of nitrogens with zero attached hydrogens (tertiary/aromatic N) is 1. The number of nitriles is 1. The number of hydrogen-bond donors (Lipinski definition) is 1. The topological polar surface area (TPSA) is 50.1 Å². The van der Waals surface area contributed by atoms with Gasteiger partial charge in [0, 0.05) is 9.79 Å². The summed E-state index contributed by atoms with van der Waals surface area (Å²) in [5.41, 5.74) is -4.85. The molecular formula is C10H6F3NO2S2. The van der Waals surface area contributed by atoms with Gasteiger partial charge < -0.3 is 4.74 Å². The zero-order chi connectivity index (χ0) is 13.9. The Morgan fingerprint density at radius 3 is 2.56 bits per heavy atom. The molecule has 0 atom stereocenters. The number of ether oxygens (including phenoxy) is 1. The third-order valence-corrected chi connectivity index (χ3v) is 3.28. The normalized spacial score (nSPS) is 10.9. The van der Waals surface area contributed by atoms with Crippen LogP contribution in [0, 0.1) is 11.3 Å². The Morgan fingerprint density at radius 1 is 1.50 bits per heavy atom. The molecule has 0 aliphatic heterocycles. The summed E-state index contributed by atoms with van der Waals surface area (Å²) in [5.74, 6) is -0.902. The maximum Gasteiger partial charge on any atom is 0.446 e. The van der Waals surface area contributed by atoms with Crippen molar-refractivity contribution in [2.24, 2.45) is 0 Å². The van der Waals surface area contributed by atoms with Gasteiger partial charge in [0.15, 0.2) is 0 Å². The summed E-state index contributed by atoms with van der Waals surface area (Å²) >= 11 is 3.46. The second kappa shape index (κ2) is 5.54. The molecule has 0 fully saturated rings. The standard InChI is InChI=1S/C10H6F3NO2S2/c1-16-9(15)7-5(4-14)2-3-6(8(7)17)18-10(11,12)13/h2-3,17H,1H3. The lowest BCUT2D eigenvalue weighted by Gasteiger charge is -2.11. The number of hydrogen-bond acceptors (Lipinski definition) is 5. The maximum atomic E-state index is 12.3. The van der Waals surface area contributed by atoms with Gasteiger partial charge in [-0.15, -0.1) is 12.6 Å². The number of thioether (sulfide) groups is 1. The first-order chi connectivity index (χ1) is 8.30. The van der Waals surface area contributed by atoms with E-state index in [2.05, 4.69) is 17.4 Å². The van der Waals surface area contributed by atoms with Gasteiger partial charge in [-0.3, -0.25) is 0 Å². The van der Waals surface area contributed by atoms with E-state index in [-0.39, 0.29) is 20.9 Å².